The summed E-state index contributed by atoms with van der Waals surface area (Å²) in [5.41, 5.74) is 3.87. The molecule has 1 amide bonds. The summed E-state index contributed by atoms with van der Waals surface area (Å²) in [5.74, 6) is 0.112. The molecule has 2 aromatic rings. The number of carbonyl (C=O) groups is 1. The fourth-order valence-corrected chi connectivity index (χ4v) is 2.69. The van der Waals surface area contributed by atoms with Crippen LogP contribution in [0.2, 0.25) is 0 Å². The third-order valence-corrected chi connectivity index (χ3v) is 4.43. The van der Waals surface area contributed by atoms with Gasteiger partial charge in [-0.2, -0.15) is 0 Å². The number of amides is 1. The molecule has 1 N–H and O–H groups in total. The fourth-order valence-electron chi connectivity index (χ4n) is 2.69. The van der Waals surface area contributed by atoms with E-state index in [0.29, 0.717) is 13.0 Å². The normalized spacial score (nSPS) is 11.2. The van der Waals surface area contributed by atoms with E-state index in [1.165, 1.54) is 11.1 Å². The molecule has 0 radical (unpaired) electrons. The van der Waals surface area contributed by atoms with Gasteiger partial charge in [-0.1, -0.05) is 63.2 Å². The number of hydrogen-bond donors (Lipinski definition) is 1. The molecule has 3 nitrogen and oxygen atoms in total. The summed E-state index contributed by atoms with van der Waals surface area (Å²) in [5, 5.41) is 3.01. The second-order valence-electron chi connectivity index (χ2n) is 7.55. The van der Waals surface area contributed by atoms with Crippen LogP contribution in [0.1, 0.15) is 38.3 Å². The first-order valence-electron chi connectivity index (χ1n) is 8.98. The molecule has 0 heterocycles. The molecular weight excluding hydrogens is 308 g/mol. The zero-order valence-corrected chi connectivity index (χ0v) is 15.9. The van der Waals surface area contributed by atoms with Gasteiger partial charge < -0.3 is 10.2 Å². The molecular formula is C22H30N2O. The van der Waals surface area contributed by atoms with Crippen molar-refractivity contribution in [1.29, 1.82) is 0 Å². The molecule has 0 aliphatic rings. The molecule has 0 unspecified atom stereocenters. The molecule has 134 valence electrons. The Morgan fingerprint density at radius 1 is 1.00 bits per heavy atom. The summed E-state index contributed by atoms with van der Waals surface area (Å²) < 4.78 is 0. The second-order valence-corrected chi connectivity index (χ2v) is 7.55. The quantitative estimate of drug-likeness (QED) is 0.822. The number of likely N-dealkylation sites (N-methyl/N-ethyl adjacent to an activating group) is 1. The predicted octanol–water partition coefficient (Wildman–Crippen LogP) is 4.17. The zero-order chi connectivity index (χ0) is 18.3. The average Bonchev–Trinajstić information content (AvgIpc) is 2.60. The third kappa shape index (κ3) is 6.26. The van der Waals surface area contributed by atoms with Gasteiger partial charge >= 0.3 is 0 Å². The lowest BCUT2D eigenvalue weighted by molar-refractivity contribution is -0.120. The smallest absolute Gasteiger partial charge is 0.220 e. The van der Waals surface area contributed by atoms with E-state index in [2.05, 4.69) is 67.4 Å². The van der Waals surface area contributed by atoms with Crippen molar-refractivity contribution in [2.24, 2.45) is 0 Å². The van der Waals surface area contributed by atoms with Crippen LogP contribution in [0.15, 0.2) is 54.6 Å². The highest BCUT2D eigenvalue weighted by Gasteiger charge is 2.13. The molecule has 0 aliphatic carbocycles. The predicted molar refractivity (Wildman–Crippen MR) is 106 cm³/mol. The summed E-state index contributed by atoms with van der Waals surface area (Å²) in [4.78, 5) is 14.2. The Morgan fingerprint density at radius 3 is 2.24 bits per heavy atom. The summed E-state index contributed by atoms with van der Waals surface area (Å²) >= 11 is 0. The molecule has 2 aromatic carbocycles. The van der Waals surface area contributed by atoms with Gasteiger partial charge in [0.15, 0.2) is 0 Å². The van der Waals surface area contributed by atoms with Crippen LogP contribution < -0.4 is 10.2 Å². The van der Waals surface area contributed by atoms with Gasteiger partial charge in [-0.15, -0.1) is 0 Å². The number of para-hydroxylation sites is 1. The maximum absolute atomic E-state index is 12.0. The lowest BCUT2D eigenvalue weighted by Gasteiger charge is -2.19. The molecule has 0 bridgehead atoms. The number of aryl methyl sites for hydroxylation is 1. The van der Waals surface area contributed by atoms with Crippen LogP contribution in [-0.2, 0) is 16.6 Å². The van der Waals surface area contributed by atoms with E-state index in [-0.39, 0.29) is 11.3 Å². The highest BCUT2D eigenvalue weighted by atomic mass is 16.1. The monoisotopic (exact) mass is 338 g/mol. The van der Waals surface area contributed by atoms with Gasteiger partial charge in [0.1, 0.15) is 0 Å². The Bertz CT molecular complexity index is 657. The molecule has 0 saturated carbocycles. The van der Waals surface area contributed by atoms with Crippen molar-refractivity contribution in [1.82, 2.24) is 5.32 Å². The van der Waals surface area contributed by atoms with E-state index in [1.54, 1.807) is 0 Å². The number of benzene rings is 2. The topological polar surface area (TPSA) is 32.3 Å². The van der Waals surface area contributed by atoms with E-state index in [4.69, 9.17) is 0 Å². The fraction of sp³-hybridized carbons (Fsp3) is 0.409. The molecule has 0 atom stereocenters. The van der Waals surface area contributed by atoms with Gasteiger partial charge in [0.25, 0.3) is 0 Å². The van der Waals surface area contributed by atoms with E-state index in [0.717, 1.165) is 18.7 Å². The Morgan fingerprint density at radius 2 is 1.64 bits per heavy atom. The molecule has 0 spiro atoms. The van der Waals surface area contributed by atoms with Gasteiger partial charge in [-0.05, 0) is 35.1 Å². The first kappa shape index (κ1) is 19.0. The van der Waals surface area contributed by atoms with Crippen LogP contribution in [0.25, 0.3) is 0 Å². The summed E-state index contributed by atoms with van der Waals surface area (Å²) in [7, 11) is 2.04. The van der Waals surface area contributed by atoms with Crippen molar-refractivity contribution in [3.8, 4) is 0 Å². The number of nitrogens with one attached hydrogen (secondary N) is 1. The number of hydrogen-bond acceptors (Lipinski definition) is 2. The van der Waals surface area contributed by atoms with Crippen LogP contribution in [0, 0.1) is 0 Å². The molecule has 0 aliphatic heterocycles. The molecule has 25 heavy (non-hydrogen) atoms. The van der Waals surface area contributed by atoms with Crippen molar-refractivity contribution in [2.45, 2.75) is 39.0 Å². The van der Waals surface area contributed by atoms with E-state index in [9.17, 15) is 4.79 Å². The second kappa shape index (κ2) is 8.70. The number of carbonyl (C=O) groups excluding carboxylic acids is 1. The Kier molecular flexibility index (Phi) is 6.63. The minimum absolute atomic E-state index is 0.112. The lowest BCUT2D eigenvalue weighted by Crippen LogP contribution is -2.33. The van der Waals surface area contributed by atoms with Crippen molar-refractivity contribution in [3.05, 3.63) is 65.7 Å². The Balaban J connectivity index is 1.70. The van der Waals surface area contributed by atoms with Gasteiger partial charge in [0, 0.05) is 32.2 Å². The van der Waals surface area contributed by atoms with E-state index in [1.807, 2.05) is 25.2 Å². The number of nitrogens with zero attached hydrogens (tertiary/aromatic N) is 1. The molecule has 0 aromatic heterocycles. The maximum atomic E-state index is 12.0. The summed E-state index contributed by atoms with van der Waals surface area (Å²) in [6.07, 6.45) is 1.31. The third-order valence-electron chi connectivity index (χ3n) is 4.43. The van der Waals surface area contributed by atoms with Crippen LogP contribution in [0.5, 0.6) is 0 Å². The minimum Gasteiger partial charge on any atom is -0.373 e. The molecule has 0 saturated heterocycles. The highest BCUT2D eigenvalue weighted by molar-refractivity contribution is 5.76. The minimum atomic E-state index is 0.112. The van der Waals surface area contributed by atoms with Crippen molar-refractivity contribution >= 4 is 11.6 Å². The standard InChI is InChI=1S/C22H30N2O/c1-22(2,3)19-13-10-18(11-14-19)12-15-21(25)23-16-17-24(4)20-8-6-5-7-9-20/h5-11,13-14H,12,15-17H2,1-4H3,(H,23,25). The first-order valence-corrected chi connectivity index (χ1v) is 8.98. The zero-order valence-electron chi connectivity index (χ0n) is 15.9. The molecule has 3 heteroatoms. The van der Waals surface area contributed by atoms with Crippen molar-refractivity contribution < 1.29 is 4.79 Å². The van der Waals surface area contributed by atoms with Gasteiger partial charge in [0.2, 0.25) is 5.91 Å². The van der Waals surface area contributed by atoms with Crippen molar-refractivity contribution in [3.63, 3.8) is 0 Å². The van der Waals surface area contributed by atoms with Crippen LogP contribution in [0.4, 0.5) is 5.69 Å². The van der Waals surface area contributed by atoms with Crippen LogP contribution in [-0.4, -0.2) is 26.0 Å². The number of rotatable bonds is 7. The molecule has 0 fully saturated rings. The SMILES string of the molecule is CN(CCNC(=O)CCc1ccc(C(C)(C)C)cc1)c1ccccc1. The van der Waals surface area contributed by atoms with E-state index < -0.39 is 0 Å². The Hall–Kier alpha value is -2.29. The van der Waals surface area contributed by atoms with Gasteiger partial charge in [-0.3, -0.25) is 4.79 Å². The van der Waals surface area contributed by atoms with Crippen molar-refractivity contribution in [2.75, 3.05) is 25.0 Å². The van der Waals surface area contributed by atoms with Gasteiger partial charge in [-0.25, -0.2) is 0 Å². The lowest BCUT2D eigenvalue weighted by atomic mass is 9.86. The summed E-state index contributed by atoms with van der Waals surface area (Å²) in [6, 6.07) is 18.8. The van der Waals surface area contributed by atoms with Crippen LogP contribution >= 0.6 is 0 Å². The average molecular weight is 338 g/mol. The maximum Gasteiger partial charge on any atom is 0.220 e. The Labute approximate surface area is 152 Å². The summed E-state index contributed by atoms with van der Waals surface area (Å²) in [6.45, 7) is 8.09. The van der Waals surface area contributed by atoms with Gasteiger partial charge in [0.05, 0.1) is 0 Å². The largest absolute Gasteiger partial charge is 0.373 e. The number of anilines is 1. The highest BCUT2D eigenvalue weighted by Crippen LogP contribution is 2.22. The van der Waals surface area contributed by atoms with Crippen LogP contribution in [0.3, 0.4) is 0 Å². The van der Waals surface area contributed by atoms with E-state index >= 15 is 0 Å². The molecule has 2 rings (SSSR count). The first-order chi connectivity index (χ1) is 11.9.